The summed E-state index contributed by atoms with van der Waals surface area (Å²) in [5, 5.41) is 6.77. The molecule has 1 amide bonds. The summed E-state index contributed by atoms with van der Waals surface area (Å²) in [6.07, 6.45) is 1.21. The van der Waals surface area contributed by atoms with E-state index in [-0.39, 0.29) is 5.91 Å². The molecule has 2 N–H and O–H groups in total. The third-order valence-electron chi connectivity index (χ3n) is 4.05. The molecule has 0 saturated carbocycles. The standard InChI is InChI=1S/C20H25ClN2O3/c1-14-12-17(19(26-3)13-16(14)21)23-20(24)9-11-22-10-8-15-6-4-5-7-18(15)25-2/h4-7,12-13,22H,8-11H2,1-3H3,(H,23,24). The van der Waals surface area contributed by atoms with Gasteiger partial charge in [0, 0.05) is 24.1 Å². The van der Waals surface area contributed by atoms with Crippen LogP contribution in [0.5, 0.6) is 11.5 Å². The Labute approximate surface area is 159 Å². The topological polar surface area (TPSA) is 59.6 Å². The number of methoxy groups -OCH3 is 2. The number of ether oxygens (including phenoxy) is 2. The van der Waals surface area contributed by atoms with Crippen LogP contribution in [0.3, 0.4) is 0 Å². The molecule has 0 saturated heterocycles. The number of aryl methyl sites for hydroxylation is 1. The van der Waals surface area contributed by atoms with Crippen LogP contribution in [0.25, 0.3) is 0 Å². The highest BCUT2D eigenvalue weighted by atomic mass is 35.5. The van der Waals surface area contributed by atoms with Gasteiger partial charge in [0.05, 0.1) is 19.9 Å². The molecule has 26 heavy (non-hydrogen) atoms. The minimum absolute atomic E-state index is 0.0742. The summed E-state index contributed by atoms with van der Waals surface area (Å²) in [5.74, 6) is 1.37. The Morgan fingerprint density at radius 2 is 1.81 bits per heavy atom. The quantitative estimate of drug-likeness (QED) is 0.653. The second kappa shape index (κ2) is 10.0. The lowest BCUT2D eigenvalue weighted by atomic mass is 10.1. The average molecular weight is 377 g/mol. The molecule has 0 unspecified atom stereocenters. The van der Waals surface area contributed by atoms with E-state index in [0.29, 0.717) is 29.4 Å². The predicted octanol–water partition coefficient (Wildman–Crippen LogP) is 3.83. The molecule has 0 aliphatic carbocycles. The number of carbonyl (C=O) groups is 1. The Balaban J connectivity index is 1.77. The molecule has 0 aliphatic heterocycles. The minimum atomic E-state index is -0.0742. The number of carbonyl (C=O) groups excluding carboxylic acids is 1. The zero-order valence-corrected chi connectivity index (χ0v) is 16.2. The van der Waals surface area contributed by atoms with Gasteiger partial charge < -0.3 is 20.1 Å². The molecule has 140 valence electrons. The molecular weight excluding hydrogens is 352 g/mol. The van der Waals surface area contributed by atoms with Crippen LogP contribution in [0.4, 0.5) is 5.69 Å². The van der Waals surface area contributed by atoms with Gasteiger partial charge in [-0.15, -0.1) is 0 Å². The molecule has 0 atom stereocenters. The lowest BCUT2D eigenvalue weighted by molar-refractivity contribution is -0.116. The van der Waals surface area contributed by atoms with E-state index < -0.39 is 0 Å². The maximum absolute atomic E-state index is 12.2. The smallest absolute Gasteiger partial charge is 0.225 e. The van der Waals surface area contributed by atoms with E-state index in [0.717, 1.165) is 29.8 Å². The van der Waals surface area contributed by atoms with Crippen LogP contribution in [0, 0.1) is 6.92 Å². The van der Waals surface area contributed by atoms with Crippen molar-refractivity contribution in [3.63, 3.8) is 0 Å². The Morgan fingerprint density at radius 1 is 1.08 bits per heavy atom. The first-order valence-electron chi connectivity index (χ1n) is 8.51. The highest BCUT2D eigenvalue weighted by molar-refractivity contribution is 6.31. The summed E-state index contributed by atoms with van der Waals surface area (Å²) in [7, 11) is 3.22. The summed E-state index contributed by atoms with van der Waals surface area (Å²) in [6, 6.07) is 11.5. The Hall–Kier alpha value is -2.24. The Bertz CT molecular complexity index is 750. The second-order valence-corrected chi connectivity index (χ2v) is 6.32. The van der Waals surface area contributed by atoms with E-state index in [9.17, 15) is 4.79 Å². The van der Waals surface area contributed by atoms with E-state index in [2.05, 4.69) is 10.6 Å². The van der Waals surface area contributed by atoms with Crippen LogP contribution < -0.4 is 20.1 Å². The molecule has 2 aromatic carbocycles. The number of halogens is 1. The average Bonchev–Trinajstić information content (AvgIpc) is 2.64. The fourth-order valence-electron chi connectivity index (χ4n) is 2.60. The zero-order valence-electron chi connectivity index (χ0n) is 15.4. The van der Waals surface area contributed by atoms with Gasteiger partial charge >= 0.3 is 0 Å². The fraction of sp³-hybridized carbons (Fsp3) is 0.350. The molecule has 2 aromatic rings. The van der Waals surface area contributed by atoms with Crippen LogP contribution in [0.15, 0.2) is 36.4 Å². The zero-order chi connectivity index (χ0) is 18.9. The van der Waals surface area contributed by atoms with Crippen molar-refractivity contribution >= 4 is 23.2 Å². The summed E-state index contributed by atoms with van der Waals surface area (Å²) >= 11 is 6.08. The first-order chi connectivity index (χ1) is 12.5. The van der Waals surface area contributed by atoms with Gasteiger partial charge in [0.15, 0.2) is 0 Å². The number of para-hydroxylation sites is 1. The van der Waals surface area contributed by atoms with Crippen molar-refractivity contribution in [1.29, 1.82) is 0 Å². The summed E-state index contributed by atoms with van der Waals surface area (Å²) < 4.78 is 10.6. The van der Waals surface area contributed by atoms with Crippen molar-refractivity contribution < 1.29 is 14.3 Å². The van der Waals surface area contributed by atoms with E-state index in [1.54, 1.807) is 20.3 Å². The maximum atomic E-state index is 12.2. The summed E-state index contributed by atoms with van der Waals surface area (Å²) in [5.41, 5.74) is 2.67. The monoisotopic (exact) mass is 376 g/mol. The van der Waals surface area contributed by atoms with Gasteiger partial charge in [-0.3, -0.25) is 4.79 Å². The molecule has 6 heteroatoms. The van der Waals surface area contributed by atoms with Gasteiger partial charge in [-0.25, -0.2) is 0 Å². The van der Waals surface area contributed by atoms with Crippen molar-refractivity contribution in [2.24, 2.45) is 0 Å². The molecule has 0 fully saturated rings. The van der Waals surface area contributed by atoms with E-state index in [1.807, 2.05) is 37.3 Å². The number of anilines is 1. The van der Waals surface area contributed by atoms with E-state index >= 15 is 0 Å². The molecular formula is C20H25ClN2O3. The number of amides is 1. The molecule has 0 spiro atoms. The van der Waals surface area contributed by atoms with Gasteiger partial charge in [0.25, 0.3) is 0 Å². The second-order valence-electron chi connectivity index (χ2n) is 5.91. The molecule has 2 rings (SSSR count). The summed E-state index contributed by atoms with van der Waals surface area (Å²) in [6.45, 7) is 3.25. The van der Waals surface area contributed by atoms with Crippen LogP contribution in [0.1, 0.15) is 17.5 Å². The number of benzene rings is 2. The highest BCUT2D eigenvalue weighted by Gasteiger charge is 2.10. The van der Waals surface area contributed by atoms with E-state index in [4.69, 9.17) is 21.1 Å². The van der Waals surface area contributed by atoms with Gasteiger partial charge in [-0.2, -0.15) is 0 Å². The SMILES string of the molecule is COc1ccccc1CCNCCC(=O)Nc1cc(C)c(Cl)cc1OC. The summed E-state index contributed by atoms with van der Waals surface area (Å²) in [4.78, 5) is 12.2. The van der Waals surface area contributed by atoms with Crippen molar-refractivity contribution in [2.45, 2.75) is 19.8 Å². The third kappa shape index (κ3) is 5.64. The molecule has 0 aliphatic rings. The molecule has 5 nitrogen and oxygen atoms in total. The first-order valence-corrected chi connectivity index (χ1v) is 8.89. The lowest BCUT2D eigenvalue weighted by Gasteiger charge is -2.12. The van der Waals surface area contributed by atoms with Crippen molar-refractivity contribution in [3.05, 3.63) is 52.5 Å². The number of hydrogen-bond acceptors (Lipinski definition) is 4. The highest BCUT2D eigenvalue weighted by Crippen LogP contribution is 2.30. The van der Waals surface area contributed by atoms with Gasteiger partial charge in [0.2, 0.25) is 5.91 Å². The van der Waals surface area contributed by atoms with Gasteiger partial charge in [-0.05, 0) is 43.1 Å². The van der Waals surface area contributed by atoms with Crippen LogP contribution >= 0.6 is 11.6 Å². The fourth-order valence-corrected chi connectivity index (χ4v) is 2.76. The van der Waals surface area contributed by atoms with Gasteiger partial charge in [-0.1, -0.05) is 29.8 Å². The molecule has 0 heterocycles. The molecule has 0 aromatic heterocycles. The minimum Gasteiger partial charge on any atom is -0.496 e. The Morgan fingerprint density at radius 3 is 2.54 bits per heavy atom. The van der Waals surface area contributed by atoms with Crippen LogP contribution in [-0.2, 0) is 11.2 Å². The van der Waals surface area contributed by atoms with Gasteiger partial charge in [0.1, 0.15) is 11.5 Å². The van der Waals surface area contributed by atoms with Crippen LogP contribution in [-0.4, -0.2) is 33.2 Å². The Kier molecular flexibility index (Phi) is 7.75. The first kappa shape index (κ1) is 20.1. The number of nitrogens with one attached hydrogen (secondary N) is 2. The van der Waals surface area contributed by atoms with Crippen molar-refractivity contribution in [1.82, 2.24) is 5.32 Å². The number of hydrogen-bond donors (Lipinski definition) is 2. The van der Waals surface area contributed by atoms with Crippen molar-refractivity contribution in [2.75, 3.05) is 32.6 Å². The lowest BCUT2D eigenvalue weighted by Crippen LogP contribution is -2.23. The van der Waals surface area contributed by atoms with Crippen LogP contribution in [0.2, 0.25) is 5.02 Å². The van der Waals surface area contributed by atoms with E-state index in [1.165, 1.54) is 0 Å². The maximum Gasteiger partial charge on any atom is 0.225 e. The number of rotatable bonds is 9. The van der Waals surface area contributed by atoms with Crippen molar-refractivity contribution in [3.8, 4) is 11.5 Å². The predicted molar refractivity (Wildman–Crippen MR) is 106 cm³/mol. The molecule has 0 bridgehead atoms. The largest absolute Gasteiger partial charge is 0.496 e. The third-order valence-corrected chi connectivity index (χ3v) is 4.45. The molecule has 0 radical (unpaired) electrons. The normalized spacial score (nSPS) is 10.5.